The summed E-state index contributed by atoms with van der Waals surface area (Å²) in [6.07, 6.45) is 9.74. The van der Waals surface area contributed by atoms with Gasteiger partial charge in [-0.2, -0.15) is 0 Å². The summed E-state index contributed by atoms with van der Waals surface area (Å²) in [4.78, 5) is 8.88. The average Bonchev–Trinajstić information content (AvgIpc) is 2.42. The average molecular weight is 233 g/mol. The molecule has 0 saturated carbocycles. The Morgan fingerprint density at radius 3 is 2.25 bits per heavy atom. The van der Waals surface area contributed by atoms with Gasteiger partial charge in [-0.15, -0.1) is 0 Å². The van der Waals surface area contributed by atoms with Gasteiger partial charge in [0.05, 0.1) is 16.0 Å². The second-order valence-corrected chi connectivity index (χ2v) is 4.65. The molecule has 16 heavy (non-hydrogen) atoms. The third-order valence-corrected chi connectivity index (χ3v) is 3.59. The molecular weight excluding hydrogens is 220 g/mol. The van der Waals surface area contributed by atoms with Gasteiger partial charge in [0.1, 0.15) is 6.79 Å². The van der Waals surface area contributed by atoms with E-state index in [9.17, 15) is 4.21 Å². The maximum absolute atomic E-state index is 12.0. The van der Waals surface area contributed by atoms with Crippen LogP contribution in [0, 0.1) is 6.42 Å². The Labute approximate surface area is 98.1 Å². The zero-order valence-electron chi connectivity index (χ0n) is 8.78. The molecule has 1 aromatic carbocycles. The lowest BCUT2D eigenvalue weighted by Crippen LogP contribution is -2.13. The van der Waals surface area contributed by atoms with E-state index in [0.717, 1.165) is 4.90 Å². The Morgan fingerprint density at radius 2 is 1.69 bits per heavy atom. The summed E-state index contributed by atoms with van der Waals surface area (Å²) in [5.74, 6) is 0. The van der Waals surface area contributed by atoms with Gasteiger partial charge >= 0.3 is 0 Å². The van der Waals surface area contributed by atoms with Crippen LogP contribution in [-0.4, -0.2) is 16.2 Å². The van der Waals surface area contributed by atoms with Crippen molar-refractivity contribution in [3.63, 3.8) is 0 Å². The van der Waals surface area contributed by atoms with Crippen LogP contribution in [0.2, 0.25) is 0 Å². The first-order chi connectivity index (χ1) is 7.88. The van der Waals surface area contributed by atoms with Gasteiger partial charge in [0.25, 0.3) is 0 Å². The van der Waals surface area contributed by atoms with Crippen LogP contribution >= 0.6 is 0 Å². The van der Waals surface area contributed by atoms with Gasteiger partial charge in [0.2, 0.25) is 0 Å². The highest BCUT2D eigenvalue weighted by Gasteiger charge is 2.15. The molecule has 0 saturated heterocycles. The molecule has 2 nitrogen and oxygen atoms in total. The molecule has 0 heterocycles. The van der Waals surface area contributed by atoms with Crippen molar-refractivity contribution in [1.29, 1.82) is 0 Å². The van der Waals surface area contributed by atoms with Crippen LogP contribution in [0.4, 0.5) is 0 Å². The molecule has 2 rings (SSSR count). The van der Waals surface area contributed by atoms with Crippen LogP contribution in [0.25, 0.3) is 0 Å². The van der Waals surface area contributed by atoms with E-state index >= 15 is 0 Å². The quantitative estimate of drug-likeness (QED) is 0.785. The summed E-state index contributed by atoms with van der Waals surface area (Å²) in [5, 5.41) is 0.0161. The van der Waals surface area contributed by atoms with Crippen LogP contribution in [0.15, 0.2) is 59.5 Å². The first-order valence-corrected chi connectivity index (χ1v) is 6.02. The number of benzene rings is 1. The molecule has 0 aliphatic heterocycles. The van der Waals surface area contributed by atoms with Gasteiger partial charge in [-0.05, 0) is 12.1 Å². The molecule has 1 aliphatic carbocycles. The lowest BCUT2D eigenvalue weighted by atomic mass is 10.2. The molecule has 0 spiro atoms. The Morgan fingerprint density at radius 1 is 1.00 bits per heavy atom. The second-order valence-electron chi connectivity index (χ2n) is 3.04. The van der Waals surface area contributed by atoms with Gasteiger partial charge in [-0.25, -0.2) is 0 Å². The molecule has 1 radical (unpaired) electrons. The molecule has 0 bridgehead atoms. The van der Waals surface area contributed by atoms with E-state index in [4.69, 9.17) is 4.79 Å². The van der Waals surface area contributed by atoms with Crippen molar-refractivity contribution in [1.82, 2.24) is 0 Å². The van der Waals surface area contributed by atoms with E-state index in [2.05, 4.69) is 0 Å². The minimum Gasteiger partial charge on any atom is -0.307 e. The molecule has 1 aliphatic rings. The van der Waals surface area contributed by atoms with Gasteiger partial charge < -0.3 is 4.79 Å². The highest BCUT2D eigenvalue weighted by atomic mass is 32.2. The van der Waals surface area contributed by atoms with Crippen molar-refractivity contribution in [2.45, 2.75) is 10.1 Å². The second kappa shape index (κ2) is 6.90. The zero-order valence-corrected chi connectivity index (χ0v) is 9.60. The number of allylic oxidation sites excluding steroid dienone is 3. The summed E-state index contributed by atoms with van der Waals surface area (Å²) in [6.45, 7) is 2.00. The lowest BCUT2D eigenvalue weighted by Gasteiger charge is -2.11. The summed E-state index contributed by atoms with van der Waals surface area (Å²) in [5.41, 5.74) is 0. The van der Waals surface area contributed by atoms with Gasteiger partial charge in [-0.3, -0.25) is 4.21 Å². The van der Waals surface area contributed by atoms with Gasteiger partial charge in [-0.1, -0.05) is 42.5 Å². The molecule has 3 heteroatoms. The summed E-state index contributed by atoms with van der Waals surface area (Å²) >= 11 is 0. The number of hydrogen-bond acceptors (Lipinski definition) is 2. The van der Waals surface area contributed by atoms with Crippen molar-refractivity contribution in [2.75, 3.05) is 0 Å². The first kappa shape index (κ1) is 12.6. The molecule has 0 aromatic heterocycles. The standard InChI is InChI=1S/C12H11OS.CH2O/c13-14(11-7-3-1-4-8-11)12-9-5-2-6-10-12;1-2/h1-11H;1H2. The predicted octanol–water partition coefficient (Wildman–Crippen LogP) is 2.31. The summed E-state index contributed by atoms with van der Waals surface area (Å²) in [6, 6.07) is 9.55. The Bertz CT molecular complexity index is 396. The maximum atomic E-state index is 12.0. The van der Waals surface area contributed by atoms with E-state index in [1.54, 1.807) is 0 Å². The van der Waals surface area contributed by atoms with Crippen LogP contribution in [0.5, 0.6) is 0 Å². The molecule has 0 fully saturated rings. The van der Waals surface area contributed by atoms with Crippen LogP contribution in [-0.2, 0) is 15.6 Å². The van der Waals surface area contributed by atoms with E-state index < -0.39 is 10.8 Å². The van der Waals surface area contributed by atoms with Crippen LogP contribution in [0.3, 0.4) is 0 Å². The first-order valence-electron chi connectivity index (χ1n) is 4.81. The molecule has 0 N–H and O–H groups in total. The molecule has 2 unspecified atom stereocenters. The Kier molecular flexibility index (Phi) is 5.43. The number of rotatable bonds is 2. The summed E-state index contributed by atoms with van der Waals surface area (Å²) in [7, 11) is -0.963. The SMILES string of the molecule is C=O.O=S(c1ccccc1)C1[CH]C=CC=C1. The Hall–Kier alpha value is -1.48. The molecule has 83 valence electrons. The normalized spacial score (nSPS) is 19.6. The van der Waals surface area contributed by atoms with E-state index in [-0.39, 0.29) is 5.25 Å². The van der Waals surface area contributed by atoms with Crippen LogP contribution in [0.1, 0.15) is 0 Å². The Balaban J connectivity index is 0.000000606. The van der Waals surface area contributed by atoms with Crippen molar-refractivity contribution >= 4 is 17.6 Å². The smallest absolute Gasteiger partial charge is 0.106 e. The predicted molar refractivity (Wildman–Crippen MR) is 66.3 cm³/mol. The largest absolute Gasteiger partial charge is 0.307 e. The monoisotopic (exact) mass is 233 g/mol. The lowest BCUT2D eigenvalue weighted by molar-refractivity contribution is -0.0979. The molecule has 1 aromatic rings. The van der Waals surface area contributed by atoms with E-state index in [0.29, 0.717) is 0 Å². The fourth-order valence-corrected chi connectivity index (χ4v) is 2.54. The number of hydrogen-bond donors (Lipinski definition) is 0. The van der Waals surface area contributed by atoms with Crippen molar-refractivity contribution in [2.24, 2.45) is 0 Å². The minimum atomic E-state index is -0.963. The van der Waals surface area contributed by atoms with Gasteiger partial charge in [0, 0.05) is 11.3 Å². The zero-order chi connectivity index (χ0) is 11.8. The minimum absolute atomic E-state index is 0.0161. The topological polar surface area (TPSA) is 34.1 Å². The van der Waals surface area contributed by atoms with Crippen molar-refractivity contribution in [3.8, 4) is 0 Å². The van der Waals surface area contributed by atoms with Crippen molar-refractivity contribution in [3.05, 3.63) is 61.1 Å². The third kappa shape index (κ3) is 3.28. The van der Waals surface area contributed by atoms with Crippen molar-refractivity contribution < 1.29 is 9.00 Å². The molecule has 2 atom stereocenters. The highest BCUT2D eigenvalue weighted by molar-refractivity contribution is 7.86. The molecular formula is C13H13O2S. The summed E-state index contributed by atoms with van der Waals surface area (Å²) < 4.78 is 12.0. The maximum Gasteiger partial charge on any atom is 0.106 e. The number of carbonyl (C=O) groups is 1. The van der Waals surface area contributed by atoms with Crippen LogP contribution < -0.4 is 0 Å². The third-order valence-electron chi connectivity index (χ3n) is 2.05. The van der Waals surface area contributed by atoms with E-state index in [1.807, 2.05) is 67.8 Å². The molecule has 0 amide bonds. The number of carbonyl (C=O) groups excluding carboxylic acids is 1. The van der Waals surface area contributed by atoms with Gasteiger partial charge in [0.15, 0.2) is 0 Å². The fraction of sp³-hybridized carbons (Fsp3) is 0.0769. The highest BCUT2D eigenvalue weighted by Crippen LogP contribution is 2.16. The van der Waals surface area contributed by atoms with E-state index in [1.165, 1.54) is 0 Å². The fourth-order valence-electron chi connectivity index (χ4n) is 1.33.